The van der Waals surface area contributed by atoms with Crippen LogP contribution in [0.3, 0.4) is 0 Å². The third-order valence-corrected chi connectivity index (χ3v) is 4.25. The van der Waals surface area contributed by atoms with Crippen molar-refractivity contribution in [1.29, 1.82) is 0 Å². The van der Waals surface area contributed by atoms with Crippen molar-refractivity contribution in [2.75, 3.05) is 4.90 Å². The van der Waals surface area contributed by atoms with Crippen molar-refractivity contribution in [2.24, 2.45) is 0 Å². The second kappa shape index (κ2) is 8.84. The van der Waals surface area contributed by atoms with Crippen LogP contribution in [0.15, 0.2) is 91.5 Å². The molecule has 0 aliphatic rings. The van der Waals surface area contributed by atoms with Gasteiger partial charge in [-0.25, -0.2) is 14.3 Å². The van der Waals surface area contributed by atoms with Crippen LogP contribution in [0.5, 0.6) is 0 Å². The Morgan fingerprint density at radius 3 is 1.60 bits per heavy atom. The fraction of sp³-hybridized carbons (Fsp3) is 0. The van der Waals surface area contributed by atoms with E-state index in [1.54, 1.807) is 26.9 Å². The maximum atomic E-state index is 4.62. The number of rotatable bonds is 5. The molecular weight excluding hydrogens is 557 g/mol. The monoisotopic (exact) mass is 572 g/mol. The first-order valence-electron chi connectivity index (χ1n) is 9.01. The van der Waals surface area contributed by atoms with Crippen molar-refractivity contribution in [1.82, 2.24) is 29.5 Å². The van der Waals surface area contributed by atoms with Crippen molar-refractivity contribution in [2.45, 2.75) is 0 Å². The molecule has 30 heavy (non-hydrogen) atoms. The molecule has 0 bridgehead atoms. The number of anilines is 3. The Morgan fingerprint density at radius 1 is 0.633 bits per heavy atom. The van der Waals surface area contributed by atoms with E-state index in [0.29, 0.717) is 11.9 Å². The van der Waals surface area contributed by atoms with E-state index in [0.717, 1.165) is 17.1 Å². The van der Waals surface area contributed by atoms with Gasteiger partial charge >= 0.3 is 21.1 Å². The second-order valence-electron chi connectivity index (χ2n) is 6.14. The Morgan fingerprint density at radius 2 is 1.13 bits per heavy atom. The zero-order valence-corrected chi connectivity index (χ0v) is 17.9. The number of benzene rings is 3. The molecule has 7 nitrogen and oxygen atoms in total. The van der Waals surface area contributed by atoms with Gasteiger partial charge in [-0.05, 0) is 23.5 Å². The van der Waals surface area contributed by atoms with Gasteiger partial charge in [-0.2, -0.15) is 58.5 Å². The van der Waals surface area contributed by atoms with Crippen molar-refractivity contribution < 1.29 is 21.1 Å². The molecule has 0 N–H and O–H groups in total. The van der Waals surface area contributed by atoms with E-state index in [-0.39, 0.29) is 21.1 Å². The molecule has 8 heteroatoms. The van der Waals surface area contributed by atoms with Crippen molar-refractivity contribution in [3.8, 4) is 11.4 Å². The minimum absolute atomic E-state index is 0. The van der Waals surface area contributed by atoms with E-state index >= 15 is 0 Å². The molecule has 0 saturated carbocycles. The summed E-state index contributed by atoms with van der Waals surface area (Å²) in [5.74, 6) is 0.923. The molecule has 0 amide bonds. The van der Waals surface area contributed by atoms with Crippen molar-refractivity contribution in [3.05, 3.63) is 104 Å². The Bertz CT molecular complexity index is 1130. The molecule has 0 aliphatic carbocycles. The number of nitrogens with zero attached hydrogens (tertiary/aromatic N) is 7. The predicted molar refractivity (Wildman–Crippen MR) is 109 cm³/mol. The van der Waals surface area contributed by atoms with Crippen LogP contribution in [0.2, 0.25) is 0 Å². The summed E-state index contributed by atoms with van der Waals surface area (Å²) in [6.07, 6.45) is 3.30. The number of aromatic nitrogens is 6. The summed E-state index contributed by atoms with van der Waals surface area (Å²) in [6.45, 7) is 0. The van der Waals surface area contributed by atoms with Gasteiger partial charge in [0.1, 0.15) is 12.7 Å². The summed E-state index contributed by atoms with van der Waals surface area (Å²) in [7, 11) is 0. The number of hydrogen-bond acceptors (Lipinski definition) is 5. The Kier molecular flexibility index (Phi) is 5.82. The smallest absolute Gasteiger partial charge is 0.244 e. The summed E-state index contributed by atoms with van der Waals surface area (Å²) < 4.78 is 3.35. The summed E-state index contributed by atoms with van der Waals surface area (Å²) >= 11 is 0. The van der Waals surface area contributed by atoms with Crippen LogP contribution < -0.4 is 4.90 Å². The maximum Gasteiger partial charge on any atom is 2.00 e. The molecule has 0 aliphatic heterocycles. The van der Waals surface area contributed by atoms with Crippen LogP contribution in [-0.2, 0) is 21.1 Å². The van der Waals surface area contributed by atoms with Crippen LogP contribution in [0.1, 0.15) is 0 Å². The van der Waals surface area contributed by atoms with Gasteiger partial charge in [0.05, 0.1) is 5.69 Å². The summed E-state index contributed by atoms with van der Waals surface area (Å²) in [5.41, 5.74) is 2.46. The average molecular weight is 572 g/mol. The standard InChI is InChI=1S/C22H15N7.Pt/c1-4-10-18(11-5-1)27-16-23-21(25-27)29(20-14-8-3-9-15-20)22-24-17-28(26-22)19-12-6-2-7-13-19;/h1-10,12,14-17H;/q-2;+2. The second-order valence-corrected chi connectivity index (χ2v) is 6.14. The Labute approximate surface area is 187 Å². The van der Waals surface area contributed by atoms with E-state index in [1.165, 1.54) is 0 Å². The molecule has 0 unspecified atom stereocenters. The van der Waals surface area contributed by atoms with Crippen LogP contribution in [0.25, 0.3) is 11.4 Å². The van der Waals surface area contributed by atoms with E-state index in [2.05, 4.69) is 32.3 Å². The SMILES string of the molecule is [Pt+2].[c-]1ccccc1-n1cnc(N(c2ccccc2)c2ncn(-c3[c-]cccc3)n2)n1. The normalized spacial score (nSPS) is 10.4. The van der Waals surface area contributed by atoms with Gasteiger partial charge in [-0.15, -0.1) is 22.3 Å². The first kappa shape index (κ1) is 19.7. The van der Waals surface area contributed by atoms with Gasteiger partial charge in [0.25, 0.3) is 11.9 Å². The van der Waals surface area contributed by atoms with Crippen LogP contribution in [0, 0.1) is 12.1 Å². The average Bonchev–Trinajstić information content (AvgIpc) is 3.47. The molecule has 3 aromatic carbocycles. The first-order chi connectivity index (χ1) is 14.4. The Balaban J connectivity index is 0.00000218. The van der Waals surface area contributed by atoms with Gasteiger partial charge in [0.15, 0.2) is 0 Å². The fourth-order valence-electron chi connectivity index (χ4n) is 2.90. The fourth-order valence-corrected chi connectivity index (χ4v) is 2.90. The molecule has 0 spiro atoms. The van der Waals surface area contributed by atoms with Gasteiger partial charge in [0.2, 0.25) is 0 Å². The summed E-state index contributed by atoms with van der Waals surface area (Å²) in [4.78, 5) is 10.8. The predicted octanol–water partition coefficient (Wildman–Crippen LogP) is 3.92. The molecule has 148 valence electrons. The Hall–Kier alpha value is -3.57. The van der Waals surface area contributed by atoms with Crippen molar-refractivity contribution in [3.63, 3.8) is 0 Å². The zero-order valence-electron chi connectivity index (χ0n) is 15.6. The molecule has 5 rings (SSSR count). The molecule has 0 saturated heterocycles. The van der Waals surface area contributed by atoms with Gasteiger partial charge in [-0.1, -0.05) is 18.2 Å². The summed E-state index contributed by atoms with van der Waals surface area (Å²) in [5, 5.41) is 9.24. The molecule has 0 atom stereocenters. The van der Waals surface area contributed by atoms with Crippen LogP contribution >= 0.6 is 0 Å². The molecular formula is C22H15N7Pt. The minimum atomic E-state index is 0. The largest absolute Gasteiger partial charge is 2.00 e. The van der Waals surface area contributed by atoms with E-state index in [1.807, 2.05) is 78.9 Å². The topological polar surface area (TPSA) is 64.7 Å². The van der Waals surface area contributed by atoms with E-state index < -0.39 is 0 Å². The molecule has 5 aromatic rings. The van der Waals surface area contributed by atoms with E-state index in [9.17, 15) is 0 Å². The summed E-state index contributed by atoms with van der Waals surface area (Å²) in [6, 6.07) is 31.3. The molecule has 0 fully saturated rings. The van der Waals surface area contributed by atoms with Gasteiger partial charge in [0, 0.05) is 0 Å². The third kappa shape index (κ3) is 3.93. The van der Waals surface area contributed by atoms with E-state index in [4.69, 9.17) is 0 Å². The first-order valence-corrected chi connectivity index (χ1v) is 9.01. The third-order valence-electron chi connectivity index (χ3n) is 4.25. The van der Waals surface area contributed by atoms with Crippen LogP contribution in [0.4, 0.5) is 17.6 Å². The molecule has 0 radical (unpaired) electrons. The van der Waals surface area contributed by atoms with Gasteiger partial charge in [-0.3, -0.25) is 0 Å². The maximum absolute atomic E-state index is 4.62. The molecule has 2 heterocycles. The number of para-hydroxylation sites is 3. The quantitative estimate of drug-likeness (QED) is 0.299. The number of hydrogen-bond donors (Lipinski definition) is 0. The van der Waals surface area contributed by atoms with Crippen LogP contribution in [-0.4, -0.2) is 29.5 Å². The van der Waals surface area contributed by atoms with Crippen molar-refractivity contribution >= 4 is 17.6 Å². The van der Waals surface area contributed by atoms with Gasteiger partial charge < -0.3 is 0 Å². The zero-order chi connectivity index (χ0) is 19.5. The molecule has 2 aromatic heterocycles. The minimum Gasteiger partial charge on any atom is -0.244 e.